The zero-order valence-corrected chi connectivity index (χ0v) is 14.6. The number of hydrogen-bond donors (Lipinski definition) is 0. The fraction of sp³-hybridized carbons (Fsp3) is 0.267. The van der Waals surface area contributed by atoms with Gasteiger partial charge in [0, 0.05) is 23.1 Å². The monoisotopic (exact) mass is 382 g/mol. The van der Waals surface area contributed by atoms with Gasteiger partial charge in [-0.1, -0.05) is 11.3 Å². The lowest BCUT2D eigenvalue weighted by atomic mass is 10.1. The number of carbonyl (C=O) groups is 1. The number of benzene rings is 1. The minimum absolute atomic E-state index is 0.0925. The zero-order valence-electron chi connectivity index (χ0n) is 13.8. The molecule has 1 aromatic carbocycles. The number of esters is 1. The van der Waals surface area contributed by atoms with Crippen molar-refractivity contribution in [1.82, 2.24) is 0 Å². The van der Waals surface area contributed by atoms with E-state index in [9.17, 15) is 25.0 Å². The van der Waals surface area contributed by atoms with Crippen molar-refractivity contribution < 1.29 is 28.9 Å². The standard InChI is InChI=1S/C15H14N2O8S/c1-3-24-13-5-10(11(16(19)20)6-12(13)23-2)15(18)25-7-9-4-14(17(21)22)26-8-9/h4-6,8H,3,7H2,1-2H3. The molecule has 0 aliphatic carbocycles. The van der Waals surface area contributed by atoms with Crippen molar-refractivity contribution in [2.45, 2.75) is 13.5 Å². The lowest BCUT2D eigenvalue weighted by molar-refractivity contribution is -0.385. The molecule has 11 heteroatoms. The van der Waals surface area contributed by atoms with Crippen molar-refractivity contribution in [3.05, 3.63) is 54.9 Å². The Morgan fingerprint density at radius 1 is 1.15 bits per heavy atom. The predicted octanol–water partition coefficient (Wildman–Crippen LogP) is 3.33. The molecule has 138 valence electrons. The van der Waals surface area contributed by atoms with Gasteiger partial charge in [-0.2, -0.15) is 0 Å². The third-order valence-electron chi connectivity index (χ3n) is 3.19. The van der Waals surface area contributed by atoms with E-state index in [1.807, 2.05) is 0 Å². The lowest BCUT2D eigenvalue weighted by Crippen LogP contribution is -2.09. The Balaban J connectivity index is 2.26. The van der Waals surface area contributed by atoms with Gasteiger partial charge >= 0.3 is 11.0 Å². The molecular formula is C15H14N2O8S. The van der Waals surface area contributed by atoms with Crippen LogP contribution in [-0.4, -0.2) is 29.5 Å². The maximum absolute atomic E-state index is 12.3. The van der Waals surface area contributed by atoms with Crippen LogP contribution in [0.25, 0.3) is 0 Å². The molecule has 10 nitrogen and oxygen atoms in total. The third kappa shape index (κ3) is 4.25. The Morgan fingerprint density at radius 3 is 2.42 bits per heavy atom. The molecule has 2 aromatic rings. The van der Waals surface area contributed by atoms with Crippen LogP contribution in [0.2, 0.25) is 0 Å². The van der Waals surface area contributed by atoms with E-state index in [1.54, 1.807) is 6.92 Å². The van der Waals surface area contributed by atoms with Crippen LogP contribution in [0.5, 0.6) is 11.5 Å². The van der Waals surface area contributed by atoms with Gasteiger partial charge in [-0.25, -0.2) is 4.79 Å². The van der Waals surface area contributed by atoms with Crippen molar-refractivity contribution in [3.8, 4) is 11.5 Å². The number of ether oxygens (including phenoxy) is 3. The number of hydrogen-bond acceptors (Lipinski definition) is 9. The summed E-state index contributed by atoms with van der Waals surface area (Å²) in [5, 5.41) is 23.3. The largest absolute Gasteiger partial charge is 0.493 e. The summed E-state index contributed by atoms with van der Waals surface area (Å²) in [5.74, 6) is -0.670. The van der Waals surface area contributed by atoms with Gasteiger partial charge in [0.2, 0.25) is 0 Å². The van der Waals surface area contributed by atoms with Crippen LogP contribution >= 0.6 is 11.3 Å². The molecule has 26 heavy (non-hydrogen) atoms. The number of nitrogens with zero attached hydrogens (tertiary/aromatic N) is 2. The fourth-order valence-electron chi connectivity index (χ4n) is 2.05. The van der Waals surface area contributed by atoms with Crippen LogP contribution in [-0.2, 0) is 11.3 Å². The maximum atomic E-state index is 12.3. The molecule has 0 amide bonds. The first kappa shape index (κ1) is 19.1. The second-order valence-electron chi connectivity index (χ2n) is 4.84. The third-order valence-corrected chi connectivity index (χ3v) is 4.12. The van der Waals surface area contributed by atoms with E-state index in [-0.39, 0.29) is 35.3 Å². The van der Waals surface area contributed by atoms with E-state index < -0.39 is 21.5 Å². The average molecular weight is 382 g/mol. The van der Waals surface area contributed by atoms with Gasteiger partial charge in [-0.3, -0.25) is 20.2 Å². The van der Waals surface area contributed by atoms with E-state index in [0.29, 0.717) is 5.56 Å². The van der Waals surface area contributed by atoms with E-state index in [0.717, 1.165) is 17.4 Å². The quantitative estimate of drug-likeness (QED) is 0.386. The minimum atomic E-state index is -0.950. The Hall–Kier alpha value is -3.21. The topological polar surface area (TPSA) is 131 Å². The van der Waals surface area contributed by atoms with Crippen LogP contribution in [0.15, 0.2) is 23.6 Å². The van der Waals surface area contributed by atoms with Crippen molar-refractivity contribution in [1.29, 1.82) is 0 Å². The summed E-state index contributed by atoms with van der Waals surface area (Å²) in [7, 11) is 1.32. The van der Waals surface area contributed by atoms with Crippen molar-refractivity contribution in [3.63, 3.8) is 0 Å². The minimum Gasteiger partial charge on any atom is -0.493 e. The van der Waals surface area contributed by atoms with Gasteiger partial charge in [0.05, 0.1) is 29.6 Å². The summed E-state index contributed by atoms with van der Waals surface area (Å²) in [4.78, 5) is 32.9. The molecule has 0 spiro atoms. The molecule has 2 rings (SSSR count). The molecule has 0 atom stereocenters. The first-order valence-electron chi connectivity index (χ1n) is 7.25. The first-order valence-corrected chi connectivity index (χ1v) is 8.13. The number of nitro benzene ring substituents is 1. The number of carbonyl (C=O) groups excluding carboxylic acids is 1. The van der Waals surface area contributed by atoms with E-state index in [1.165, 1.54) is 24.6 Å². The van der Waals surface area contributed by atoms with Crippen LogP contribution in [0.1, 0.15) is 22.8 Å². The van der Waals surface area contributed by atoms with Gasteiger partial charge in [-0.15, -0.1) is 0 Å². The molecule has 0 fully saturated rings. The molecule has 0 unspecified atom stereocenters. The van der Waals surface area contributed by atoms with Gasteiger partial charge < -0.3 is 14.2 Å². The van der Waals surface area contributed by atoms with E-state index in [4.69, 9.17) is 14.2 Å². The first-order chi connectivity index (χ1) is 12.4. The fourth-order valence-corrected chi connectivity index (χ4v) is 2.77. The van der Waals surface area contributed by atoms with E-state index >= 15 is 0 Å². The van der Waals surface area contributed by atoms with Crippen molar-refractivity contribution >= 4 is 28.0 Å². The van der Waals surface area contributed by atoms with Crippen LogP contribution < -0.4 is 9.47 Å². The van der Waals surface area contributed by atoms with Crippen LogP contribution in [0.3, 0.4) is 0 Å². The lowest BCUT2D eigenvalue weighted by Gasteiger charge is -2.11. The average Bonchev–Trinajstić information content (AvgIpc) is 3.08. The summed E-state index contributed by atoms with van der Waals surface area (Å²) >= 11 is 0.892. The second-order valence-corrected chi connectivity index (χ2v) is 5.73. The normalized spacial score (nSPS) is 10.2. The molecule has 1 aromatic heterocycles. The highest BCUT2D eigenvalue weighted by molar-refractivity contribution is 7.13. The SMILES string of the molecule is CCOc1cc(C(=O)OCc2csc([N+](=O)[O-])c2)c([N+](=O)[O-])cc1OC. The number of rotatable bonds is 8. The van der Waals surface area contributed by atoms with Gasteiger partial charge in [0.1, 0.15) is 12.2 Å². The Bertz CT molecular complexity index is 848. The molecule has 1 heterocycles. The highest BCUT2D eigenvalue weighted by Crippen LogP contribution is 2.35. The maximum Gasteiger partial charge on any atom is 0.345 e. The van der Waals surface area contributed by atoms with E-state index in [2.05, 4.69) is 0 Å². The van der Waals surface area contributed by atoms with Crippen molar-refractivity contribution in [2.24, 2.45) is 0 Å². The number of nitro groups is 2. The molecule has 0 saturated carbocycles. The highest BCUT2D eigenvalue weighted by Gasteiger charge is 2.26. The predicted molar refractivity (Wildman–Crippen MR) is 90.9 cm³/mol. The number of methoxy groups -OCH3 is 1. The molecule has 0 aliphatic heterocycles. The molecule has 0 radical (unpaired) electrons. The summed E-state index contributed by atoms with van der Waals surface area (Å²) < 4.78 is 15.4. The summed E-state index contributed by atoms with van der Waals surface area (Å²) in [5.41, 5.74) is -0.383. The number of thiophene rings is 1. The molecule has 0 aliphatic rings. The van der Waals surface area contributed by atoms with Gasteiger partial charge in [-0.05, 0) is 6.92 Å². The summed E-state index contributed by atoms with van der Waals surface area (Å²) in [6.07, 6.45) is 0. The van der Waals surface area contributed by atoms with Crippen molar-refractivity contribution in [2.75, 3.05) is 13.7 Å². The molecule has 0 saturated heterocycles. The summed E-state index contributed by atoms with van der Waals surface area (Å²) in [6.45, 7) is 1.72. The van der Waals surface area contributed by atoms with Crippen LogP contribution in [0.4, 0.5) is 10.7 Å². The zero-order chi connectivity index (χ0) is 19.3. The molecule has 0 bridgehead atoms. The smallest absolute Gasteiger partial charge is 0.345 e. The summed E-state index contributed by atoms with van der Waals surface area (Å²) in [6, 6.07) is 3.53. The highest BCUT2D eigenvalue weighted by atomic mass is 32.1. The molecule has 0 N–H and O–H groups in total. The van der Waals surface area contributed by atoms with Gasteiger partial charge in [0.15, 0.2) is 11.5 Å². The Labute approximate surface area is 151 Å². The Morgan fingerprint density at radius 2 is 1.88 bits per heavy atom. The van der Waals surface area contributed by atoms with Crippen LogP contribution in [0, 0.1) is 20.2 Å². The van der Waals surface area contributed by atoms with Gasteiger partial charge in [0.25, 0.3) is 5.69 Å². The Kier molecular flexibility index (Phi) is 6.07. The second kappa shape index (κ2) is 8.25. The molecular weight excluding hydrogens is 368 g/mol.